The number of thiophene rings is 1. The number of halogens is 1. The van der Waals surface area contributed by atoms with Crippen molar-refractivity contribution in [3.8, 4) is 5.00 Å². The van der Waals surface area contributed by atoms with Crippen LogP contribution in [-0.4, -0.2) is 57.5 Å². The van der Waals surface area contributed by atoms with Crippen molar-refractivity contribution in [1.29, 1.82) is 0 Å². The number of rotatable bonds is 6. The number of nitrogens with zero attached hydrogens (tertiary/aromatic N) is 5. The number of amides is 1. The molecule has 0 bridgehead atoms. The van der Waals surface area contributed by atoms with Crippen LogP contribution in [0.2, 0.25) is 5.02 Å². The largest absolute Gasteiger partial charge is 0.326 e. The van der Waals surface area contributed by atoms with Crippen molar-refractivity contribution in [3.05, 3.63) is 92.3 Å². The first-order valence-electron chi connectivity index (χ1n) is 13.6. The quantitative estimate of drug-likeness (QED) is 0.330. The van der Waals surface area contributed by atoms with Crippen LogP contribution in [0.5, 0.6) is 0 Å². The molecule has 1 saturated heterocycles. The third-order valence-corrected chi connectivity index (χ3v) is 9.03. The van der Waals surface area contributed by atoms with E-state index in [4.69, 9.17) is 16.6 Å². The summed E-state index contributed by atoms with van der Waals surface area (Å²) in [5.41, 5.74) is 6.02. The summed E-state index contributed by atoms with van der Waals surface area (Å²) in [5.74, 6) is 1.32. The summed E-state index contributed by atoms with van der Waals surface area (Å²) in [5, 5.41) is 17.0. The highest BCUT2D eigenvalue weighted by Gasteiger charge is 2.32. The fourth-order valence-electron chi connectivity index (χ4n) is 5.34. The van der Waals surface area contributed by atoms with Gasteiger partial charge < -0.3 is 10.6 Å². The Morgan fingerprint density at radius 1 is 1.05 bits per heavy atom. The van der Waals surface area contributed by atoms with Crippen LogP contribution in [0.25, 0.3) is 5.00 Å². The number of anilines is 1. The molecule has 40 heavy (non-hydrogen) atoms. The van der Waals surface area contributed by atoms with E-state index in [0.717, 1.165) is 66.1 Å². The topological polar surface area (TPSA) is 87.4 Å². The number of aryl methyl sites for hydroxylation is 2. The van der Waals surface area contributed by atoms with Crippen LogP contribution < -0.4 is 10.6 Å². The average molecular weight is 574 g/mol. The van der Waals surface area contributed by atoms with Gasteiger partial charge in [0.1, 0.15) is 16.9 Å². The van der Waals surface area contributed by atoms with E-state index in [0.29, 0.717) is 10.8 Å². The van der Waals surface area contributed by atoms with Crippen LogP contribution in [0.15, 0.2) is 53.5 Å². The molecule has 2 N–H and O–H groups in total. The van der Waals surface area contributed by atoms with Gasteiger partial charge in [-0.3, -0.25) is 19.3 Å². The summed E-state index contributed by atoms with van der Waals surface area (Å²) in [6.45, 7) is 11.2. The van der Waals surface area contributed by atoms with Crippen molar-refractivity contribution in [3.63, 3.8) is 0 Å². The minimum Gasteiger partial charge on any atom is -0.326 e. The second-order valence-electron chi connectivity index (χ2n) is 10.4. The highest BCUT2D eigenvalue weighted by atomic mass is 35.5. The molecule has 1 atom stereocenters. The molecule has 2 aromatic heterocycles. The van der Waals surface area contributed by atoms with Gasteiger partial charge in [0.15, 0.2) is 5.82 Å². The van der Waals surface area contributed by atoms with Gasteiger partial charge in [0.2, 0.25) is 5.91 Å². The molecule has 10 heteroatoms. The number of carbonyl (C=O) groups excluding carboxylic acids is 1. The van der Waals surface area contributed by atoms with Gasteiger partial charge in [-0.2, -0.15) is 0 Å². The normalized spacial score (nSPS) is 17.1. The molecule has 2 aliphatic heterocycles. The Kier molecular flexibility index (Phi) is 7.55. The molecule has 0 saturated carbocycles. The van der Waals surface area contributed by atoms with E-state index in [-0.39, 0.29) is 12.3 Å². The fourth-order valence-corrected chi connectivity index (χ4v) is 6.68. The lowest BCUT2D eigenvalue weighted by molar-refractivity contribution is -0.116. The molecule has 206 valence electrons. The number of hydrogen-bond donors (Lipinski definition) is 2. The van der Waals surface area contributed by atoms with E-state index in [1.165, 1.54) is 16.0 Å². The molecule has 1 amide bonds. The van der Waals surface area contributed by atoms with Gasteiger partial charge in [-0.15, -0.1) is 21.5 Å². The zero-order valence-electron chi connectivity index (χ0n) is 22.9. The fraction of sp³-hybridized carbons (Fsp3) is 0.333. The van der Waals surface area contributed by atoms with E-state index < -0.39 is 6.04 Å². The van der Waals surface area contributed by atoms with Crippen LogP contribution >= 0.6 is 22.9 Å². The Hall–Kier alpha value is -3.37. The van der Waals surface area contributed by atoms with Crippen molar-refractivity contribution in [2.24, 2.45) is 4.99 Å². The number of benzene rings is 2. The maximum atomic E-state index is 13.4. The number of nitrogens with one attached hydrogen (secondary N) is 2. The number of aromatic nitrogens is 3. The third kappa shape index (κ3) is 5.34. The molecule has 0 unspecified atom stereocenters. The van der Waals surface area contributed by atoms with Gasteiger partial charge in [-0.1, -0.05) is 35.9 Å². The molecule has 8 nitrogen and oxygen atoms in total. The molecule has 4 heterocycles. The second-order valence-corrected chi connectivity index (χ2v) is 12.0. The molecular weight excluding hydrogens is 542 g/mol. The second kappa shape index (κ2) is 11.2. The lowest BCUT2D eigenvalue weighted by Crippen LogP contribution is -2.42. The predicted molar refractivity (Wildman–Crippen MR) is 161 cm³/mol. The summed E-state index contributed by atoms with van der Waals surface area (Å²) in [4.78, 5) is 22.2. The highest BCUT2D eigenvalue weighted by Crippen LogP contribution is 2.39. The van der Waals surface area contributed by atoms with Gasteiger partial charge >= 0.3 is 0 Å². The van der Waals surface area contributed by atoms with Crippen molar-refractivity contribution < 1.29 is 4.79 Å². The maximum absolute atomic E-state index is 13.4. The van der Waals surface area contributed by atoms with Crippen LogP contribution in [0, 0.1) is 20.8 Å². The van der Waals surface area contributed by atoms with Crippen LogP contribution in [0.4, 0.5) is 5.69 Å². The van der Waals surface area contributed by atoms with E-state index in [1.54, 1.807) is 11.3 Å². The molecular formula is C30H32ClN7OS. The molecule has 0 spiro atoms. The smallest absolute Gasteiger partial charge is 0.227 e. The Morgan fingerprint density at radius 2 is 1.77 bits per heavy atom. The first-order valence-corrected chi connectivity index (χ1v) is 14.7. The summed E-state index contributed by atoms with van der Waals surface area (Å²) in [6, 6.07) is 15.3. The summed E-state index contributed by atoms with van der Waals surface area (Å²) >= 11 is 7.91. The van der Waals surface area contributed by atoms with Crippen molar-refractivity contribution in [2.75, 3.05) is 31.5 Å². The van der Waals surface area contributed by atoms with E-state index in [2.05, 4.69) is 56.3 Å². The number of piperazine rings is 1. The van der Waals surface area contributed by atoms with Gasteiger partial charge in [0.05, 0.1) is 12.1 Å². The van der Waals surface area contributed by atoms with Gasteiger partial charge in [0, 0.05) is 59.4 Å². The Bertz CT molecular complexity index is 1570. The molecule has 1 fully saturated rings. The average Bonchev–Trinajstić information content (AvgIpc) is 3.43. The molecule has 6 rings (SSSR count). The number of carbonyl (C=O) groups is 1. The van der Waals surface area contributed by atoms with Crippen LogP contribution in [0.1, 0.15) is 51.2 Å². The Morgan fingerprint density at radius 3 is 2.50 bits per heavy atom. The zero-order valence-corrected chi connectivity index (χ0v) is 24.4. The van der Waals surface area contributed by atoms with E-state index in [1.807, 2.05) is 43.3 Å². The highest BCUT2D eigenvalue weighted by molar-refractivity contribution is 7.15. The van der Waals surface area contributed by atoms with Gasteiger partial charge in [0.25, 0.3) is 0 Å². The van der Waals surface area contributed by atoms with Crippen molar-refractivity contribution in [2.45, 2.75) is 39.8 Å². The third-order valence-electron chi connectivity index (χ3n) is 7.59. The predicted octanol–water partition coefficient (Wildman–Crippen LogP) is 5.23. The lowest BCUT2D eigenvalue weighted by atomic mass is 9.99. The maximum Gasteiger partial charge on any atom is 0.227 e. The molecule has 0 radical (unpaired) electrons. The molecule has 0 aliphatic carbocycles. The van der Waals surface area contributed by atoms with Gasteiger partial charge in [-0.05, 0) is 56.2 Å². The SMILES string of the molecule is Cc1sc2c(c1C)C(c1ccc(Cl)cc1)=N[C@@H](CC(=O)Nc1ccc(CN3CCNCC3)cc1)c1nnc(C)n1-2. The minimum absolute atomic E-state index is 0.121. The zero-order chi connectivity index (χ0) is 27.8. The Balaban J connectivity index is 1.28. The standard InChI is InChI=1S/C30H32ClN7OS/c1-18-19(2)40-30-27(18)28(22-6-8-23(31)9-7-22)34-25(29-36-35-20(3)38(29)30)16-26(39)33-24-10-4-21(5-11-24)17-37-14-12-32-13-15-37/h4-11,25,32H,12-17H2,1-3H3,(H,33,39)/t25-/m0/s1. The Labute approximate surface area is 243 Å². The summed E-state index contributed by atoms with van der Waals surface area (Å²) < 4.78 is 2.06. The lowest BCUT2D eigenvalue weighted by Gasteiger charge is -2.27. The van der Waals surface area contributed by atoms with E-state index in [9.17, 15) is 4.79 Å². The number of fused-ring (bicyclic) bond motifs is 3. The molecule has 4 aromatic rings. The first-order chi connectivity index (χ1) is 19.4. The molecule has 2 aliphatic rings. The summed E-state index contributed by atoms with van der Waals surface area (Å²) in [7, 11) is 0. The van der Waals surface area contributed by atoms with Crippen LogP contribution in [-0.2, 0) is 11.3 Å². The minimum atomic E-state index is -0.502. The van der Waals surface area contributed by atoms with Crippen molar-refractivity contribution in [1.82, 2.24) is 25.0 Å². The van der Waals surface area contributed by atoms with Crippen LogP contribution in [0.3, 0.4) is 0 Å². The number of aliphatic imine (C=N–C) groups is 1. The van der Waals surface area contributed by atoms with Crippen molar-refractivity contribution >= 4 is 40.2 Å². The number of hydrogen-bond acceptors (Lipinski definition) is 7. The molecule has 2 aromatic carbocycles. The first kappa shape index (κ1) is 26.8. The monoisotopic (exact) mass is 573 g/mol. The van der Waals surface area contributed by atoms with Gasteiger partial charge in [-0.25, -0.2) is 0 Å². The summed E-state index contributed by atoms with van der Waals surface area (Å²) in [6.07, 6.45) is 0.144. The van der Waals surface area contributed by atoms with E-state index >= 15 is 0 Å².